The van der Waals surface area contributed by atoms with E-state index in [1.54, 1.807) is 12.4 Å². The fourth-order valence-corrected chi connectivity index (χ4v) is 3.70. The second-order valence-electron chi connectivity index (χ2n) is 7.95. The number of pyridine rings is 1. The van der Waals surface area contributed by atoms with E-state index in [4.69, 9.17) is 4.98 Å². The first kappa shape index (κ1) is 18.4. The Balaban J connectivity index is 1.42. The Bertz CT molecular complexity index is 1280. The normalized spacial score (nSPS) is 13.8. The smallest absolute Gasteiger partial charge is 0.271 e. The summed E-state index contributed by atoms with van der Waals surface area (Å²) in [7, 11) is 0. The van der Waals surface area contributed by atoms with E-state index >= 15 is 0 Å². The highest BCUT2D eigenvalue weighted by Crippen LogP contribution is 2.40. The molecule has 2 amide bonds. The van der Waals surface area contributed by atoms with Gasteiger partial charge in [0.2, 0.25) is 0 Å². The Morgan fingerprint density at radius 2 is 1.83 bits per heavy atom. The van der Waals surface area contributed by atoms with Crippen LogP contribution in [0.2, 0.25) is 0 Å². The lowest BCUT2D eigenvalue weighted by Gasteiger charge is -2.11. The number of H-pyrrole nitrogens is 1. The standard InChI is InChI=1S/C22H22N6O2/c1-12(2)28-20-16(11-24-28)15(9-19(25-20)13-7-8-13)21(29)26-27-22(30)17-10-23-18-6-4-3-5-14(17)18/h3-6,9-13,23H,7-8H2,1-2H3,(H,26,29)(H,27,30). The van der Waals surface area contributed by atoms with Crippen molar-refractivity contribution < 1.29 is 9.59 Å². The van der Waals surface area contributed by atoms with Gasteiger partial charge in [-0.3, -0.25) is 20.4 Å². The van der Waals surface area contributed by atoms with Crippen LogP contribution in [0, 0.1) is 0 Å². The molecule has 0 aliphatic heterocycles. The molecule has 4 aromatic rings. The summed E-state index contributed by atoms with van der Waals surface area (Å²) in [5, 5.41) is 5.88. The van der Waals surface area contributed by atoms with E-state index in [2.05, 4.69) is 20.9 Å². The summed E-state index contributed by atoms with van der Waals surface area (Å²) >= 11 is 0. The van der Waals surface area contributed by atoms with E-state index < -0.39 is 0 Å². The van der Waals surface area contributed by atoms with Crippen LogP contribution in [0.3, 0.4) is 0 Å². The zero-order chi connectivity index (χ0) is 20.8. The monoisotopic (exact) mass is 402 g/mol. The predicted octanol–water partition coefficient (Wildman–Crippen LogP) is 3.45. The quantitative estimate of drug-likeness (QED) is 0.455. The van der Waals surface area contributed by atoms with Gasteiger partial charge in [0.15, 0.2) is 5.65 Å². The first-order chi connectivity index (χ1) is 14.5. The third-order valence-corrected chi connectivity index (χ3v) is 5.44. The van der Waals surface area contributed by atoms with Gasteiger partial charge in [-0.15, -0.1) is 0 Å². The maximum absolute atomic E-state index is 13.0. The molecular formula is C22H22N6O2. The minimum atomic E-state index is -0.388. The molecule has 0 bridgehead atoms. The molecule has 3 heterocycles. The Morgan fingerprint density at radius 1 is 1.10 bits per heavy atom. The number of carbonyl (C=O) groups excluding carboxylic acids is 2. The van der Waals surface area contributed by atoms with Crippen LogP contribution in [0.5, 0.6) is 0 Å². The lowest BCUT2D eigenvalue weighted by atomic mass is 10.1. The number of hydrogen-bond donors (Lipinski definition) is 3. The molecule has 1 fully saturated rings. The van der Waals surface area contributed by atoms with Gasteiger partial charge in [0, 0.05) is 34.8 Å². The molecule has 1 saturated carbocycles. The van der Waals surface area contributed by atoms with Gasteiger partial charge in [-0.1, -0.05) is 18.2 Å². The topological polar surface area (TPSA) is 105 Å². The van der Waals surface area contributed by atoms with Crippen molar-refractivity contribution in [2.45, 2.75) is 38.6 Å². The van der Waals surface area contributed by atoms with E-state index in [1.807, 2.05) is 48.9 Å². The number of para-hydroxylation sites is 1. The van der Waals surface area contributed by atoms with Crippen molar-refractivity contribution in [1.82, 2.24) is 30.6 Å². The van der Waals surface area contributed by atoms with Gasteiger partial charge >= 0.3 is 0 Å². The number of carbonyl (C=O) groups is 2. The number of nitrogens with one attached hydrogen (secondary N) is 3. The number of amides is 2. The number of nitrogens with zero attached hydrogens (tertiary/aromatic N) is 3. The summed E-state index contributed by atoms with van der Waals surface area (Å²) in [5.41, 5.74) is 8.47. The molecule has 1 aliphatic rings. The van der Waals surface area contributed by atoms with Crippen molar-refractivity contribution in [2.24, 2.45) is 0 Å². The third-order valence-electron chi connectivity index (χ3n) is 5.44. The van der Waals surface area contributed by atoms with Gasteiger partial charge < -0.3 is 4.98 Å². The van der Waals surface area contributed by atoms with Gasteiger partial charge in [0.25, 0.3) is 11.8 Å². The fourth-order valence-electron chi connectivity index (χ4n) is 3.70. The molecule has 5 rings (SSSR count). The number of fused-ring (bicyclic) bond motifs is 2. The number of aromatic amines is 1. The fraction of sp³-hybridized carbons (Fsp3) is 0.273. The van der Waals surface area contributed by atoms with Crippen molar-refractivity contribution in [1.29, 1.82) is 0 Å². The average Bonchev–Trinajstić information content (AvgIpc) is 3.36. The number of hydrogen-bond acceptors (Lipinski definition) is 4. The Hall–Kier alpha value is -3.68. The van der Waals surface area contributed by atoms with Crippen LogP contribution >= 0.6 is 0 Å². The average molecular weight is 402 g/mol. The van der Waals surface area contributed by atoms with Crippen LogP contribution in [-0.4, -0.2) is 31.6 Å². The number of rotatable bonds is 4. The second-order valence-corrected chi connectivity index (χ2v) is 7.95. The van der Waals surface area contributed by atoms with E-state index in [9.17, 15) is 9.59 Å². The van der Waals surface area contributed by atoms with Gasteiger partial charge in [-0.2, -0.15) is 5.10 Å². The second kappa shape index (κ2) is 6.98. The number of benzene rings is 1. The highest BCUT2D eigenvalue weighted by atomic mass is 16.2. The molecule has 152 valence electrons. The molecule has 30 heavy (non-hydrogen) atoms. The third kappa shape index (κ3) is 3.10. The first-order valence-electron chi connectivity index (χ1n) is 10.1. The molecule has 0 radical (unpaired) electrons. The van der Waals surface area contributed by atoms with Crippen molar-refractivity contribution in [3.05, 3.63) is 59.5 Å². The molecule has 3 aromatic heterocycles. The summed E-state index contributed by atoms with van der Waals surface area (Å²) < 4.78 is 1.82. The molecule has 8 nitrogen and oxygen atoms in total. The van der Waals surface area contributed by atoms with Gasteiger partial charge in [-0.05, 0) is 38.8 Å². The molecule has 0 unspecified atom stereocenters. The first-order valence-corrected chi connectivity index (χ1v) is 10.1. The van der Waals surface area contributed by atoms with Gasteiger partial charge in [-0.25, -0.2) is 9.67 Å². The molecular weight excluding hydrogens is 380 g/mol. The Labute approximate surface area is 172 Å². The van der Waals surface area contributed by atoms with E-state index in [0.717, 1.165) is 29.4 Å². The maximum atomic E-state index is 13.0. The van der Waals surface area contributed by atoms with E-state index in [-0.39, 0.29) is 17.9 Å². The van der Waals surface area contributed by atoms with Crippen LogP contribution in [0.15, 0.2) is 42.7 Å². The van der Waals surface area contributed by atoms with Crippen LogP contribution in [0.1, 0.15) is 65.1 Å². The summed E-state index contributed by atoms with van der Waals surface area (Å²) in [6, 6.07) is 9.46. The van der Waals surface area contributed by atoms with Crippen LogP contribution in [-0.2, 0) is 0 Å². The van der Waals surface area contributed by atoms with Crippen LogP contribution in [0.25, 0.3) is 21.9 Å². The summed E-state index contributed by atoms with van der Waals surface area (Å²) in [6.45, 7) is 4.05. The van der Waals surface area contributed by atoms with E-state index in [1.165, 1.54) is 0 Å². The van der Waals surface area contributed by atoms with Crippen molar-refractivity contribution in [2.75, 3.05) is 0 Å². The summed E-state index contributed by atoms with van der Waals surface area (Å²) in [4.78, 5) is 33.4. The van der Waals surface area contributed by atoms with Gasteiger partial charge in [0.1, 0.15) is 0 Å². The number of aromatic nitrogens is 4. The Morgan fingerprint density at radius 3 is 2.57 bits per heavy atom. The number of hydrazine groups is 1. The zero-order valence-electron chi connectivity index (χ0n) is 16.8. The van der Waals surface area contributed by atoms with Crippen LogP contribution in [0.4, 0.5) is 0 Å². The molecule has 0 atom stereocenters. The SMILES string of the molecule is CC(C)n1ncc2c(C(=O)NNC(=O)c3c[nH]c4ccccc34)cc(C3CC3)nc21. The highest BCUT2D eigenvalue weighted by molar-refractivity contribution is 6.09. The minimum absolute atomic E-state index is 0.127. The Kier molecular flexibility index (Phi) is 4.27. The van der Waals surface area contributed by atoms with Gasteiger partial charge in [0.05, 0.1) is 22.7 Å². The maximum Gasteiger partial charge on any atom is 0.271 e. The lowest BCUT2D eigenvalue weighted by molar-refractivity contribution is 0.0848. The van der Waals surface area contributed by atoms with Crippen molar-refractivity contribution in [3.8, 4) is 0 Å². The molecule has 3 N–H and O–H groups in total. The van der Waals surface area contributed by atoms with Crippen molar-refractivity contribution in [3.63, 3.8) is 0 Å². The molecule has 1 aliphatic carbocycles. The largest absolute Gasteiger partial charge is 0.360 e. The predicted molar refractivity (Wildman–Crippen MR) is 113 cm³/mol. The molecule has 0 spiro atoms. The molecule has 8 heteroatoms. The minimum Gasteiger partial charge on any atom is -0.360 e. The zero-order valence-corrected chi connectivity index (χ0v) is 16.8. The molecule has 1 aromatic carbocycles. The lowest BCUT2D eigenvalue weighted by Crippen LogP contribution is -2.41. The summed E-state index contributed by atoms with van der Waals surface area (Å²) in [5.74, 6) is -0.385. The molecule has 0 saturated heterocycles. The highest BCUT2D eigenvalue weighted by Gasteiger charge is 2.28. The van der Waals surface area contributed by atoms with E-state index in [0.29, 0.717) is 28.1 Å². The van der Waals surface area contributed by atoms with Crippen LogP contribution < -0.4 is 10.9 Å². The van der Waals surface area contributed by atoms with Crippen molar-refractivity contribution >= 4 is 33.8 Å². The summed E-state index contributed by atoms with van der Waals surface area (Å²) in [6.07, 6.45) is 5.45.